The number of aromatic nitrogens is 1. The smallest absolute Gasteiger partial charge is 0.356 e. The molecule has 1 fully saturated rings. The molecule has 0 radical (unpaired) electrons. The molecule has 0 aliphatic carbocycles. The van der Waals surface area contributed by atoms with Crippen molar-refractivity contribution in [3.63, 3.8) is 0 Å². The van der Waals surface area contributed by atoms with Crippen LogP contribution in [0.5, 0.6) is 0 Å². The monoisotopic (exact) mass is 440 g/mol. The molecule has 7 nitrogen and oxygen atoms in total. The summed E-state index contributed by atoms with van der Waals surface area (Å²) in [5.41, 5.74) is 3.57. The van der Waals surface area contributed by atoms with Crippen molar-refractivity contribution in [2.45, 2.75) is 6.92 Å². The largest absolute Gasteiger partial charge is 0.464 e. The molecule has 4 rings (SSSR count). The number of carbonyl (C=O) groups is 2. The molecule has 1 amide bonds. The van der Waals surface area contributed by atoms with E-state index in [2.05, 4.69) is 20.1 Å². The van der Waals surface area contributed by atoms with Crippen LogP contribution in [-0.2, 0) is 9.53 Å². The van der Waals surface area contributed by atoms with Gasteiger partial charge in [-0.2, -0.15) is 0 Å². The average molecular weight is 441 g/mol. The van der Waals surface area contributed by atoms with E-state index in [1.54, 1.807) is 0 Å². The molecule has 8 heteroatoms. The summed E-state index contributed by atoms with van der Waals surface area (Å²) >= 11 is 6.10. The van der Waals surface area contributed by atoms with Crippen molar-refractivity contribution in [1.82, 2.24) is 9.88 Å². The Bertz CT molecular complexity index is 1120. The van der Waals surface area contributed by atoms with E-state index in [0.717, 1.165) is 53.4 Å². The molecule has 2 N–H and O–H groups in total. The second-order valence-electron chi connectivity index (χ2n) is 7.66. The van der Waals surface area contributed by atoms with Crippen molar-refractivity contribution in [2.75, 3.05) is 50.1 Å². The number of amides is 1. The minimum absolute atomic E-state index is 0.162. The Morgan fingerprint density at radius 3 is 2.58 bits per heavy atom. The Balaban J connectivity index is 1.44. The number of rotatable bonds is 5. The summed E-state index contributed by atoms with van der Waals surface area (Å²) in [5, 5.41) is 4.48. The fourth-order valence-corrected chi connectivity index (χ4v) is 4.21. The van der Waals surface area contributed by atoms with Gasteiger partial charge in [0.15, 0.2) is 0 Å². The van der Waals surface area contributed by atoms with E-state index in [1.807, 2.05) is 49.4 Å². The Hall–Kier alpha value is -3.03. The number of H-pyrrole nitrogens is 1. The van der Waals surface area contributed by atoms with E-state index in [1.165, 1.54) is 7.11 Å². The minimum atomic E-state index is -0.513. The predicted molar refractivity (Wildman–Crippen MR) is 123 cm³/mol. The molecule has 2 heterocycles. The van der Waals surface area contributed by atoms with Crippen LogP contribution in [-0.4, -0.2) is 61.6 Å². The van der Waals surface area contributed by atoms with Gasteiger partial charge in [-0.25, -0.2) is 4.79 Å². The fraction of sp³-hybridized carbons (Fsp3) is 0.304. The zero-order valence-electron chi connectivity index (χ0n) is 17.6. The van der Waals surface area contributed by atoms with Crippen molar-refractivity contribution in [2.24, 2.45) is 0 Å². The van der Waals surface area contributed by atoms with Crippen LogP contribution < -0.4 is 10.2 Å². The number of carbonyl (C=O) groups excluding carboxylic acids is 2. The van der Waals surface area contributed by atoms with Gasteiger partial charge in [0.1, 0.15) is 5.69 Å². The molecule has 1 aliphatic rings. The van der Waals surface area contributed by atoms with Crippen LogP contribution in [0.3, 0.4) is 0 Å². The maximum Gasteiger partial charge on any atom is 0.356 e. The molecule has 162 valence electrons. The van der Waals surface area contributed by atoms with Crippen molar-refractivity contribution in [1.29, 1.82) is 0 Å². The number of hydrogen-bond donors (Lipinski definition) is 2. The van der Waals surface area contributed by atoms with Gasteiger partial charge < -0.3 is 19.9 Å². The van der Waals surface area contributed by atoms with Gasteiger partial charge in [0.25, 0.3) is 0 Å². The number of nitrogens with one attached hydrogen (secondary N) is 2. The van der Waals surface area contributed by atoms with Gasteiger partial charge >= 0.3 is 5.97 Å². The molecule has 1 saturated heterocycles. The highest BCUT2D eigenvalue weighted by molar-refractivity contribution is 6.30. The van der Waals surface area contributed by atoms with Crippen LogP contribution in [0.15, 0.2) is 42.5 Å². The van der Waals surface area contributed by atoms with E-state index in [9.17, 15) is 9.59 Å². The van der Waals surface area contributed by atoms with Crippen molar-refractivity contribution in [3.05, 3.63) is 58.7 Å². The third kappa shape index (κ3) is 4.52. The van der Waals surface area contributed by atoms with Gasteiger partial charge in [0.2, 0.25) is 5.91 Å². The number of aromatic amines is 1. The molecule has 0 spiro atoms. The maximum absolute atomic E-state index is 12.8. The highest BCUT2D eigenvalue weighted by Gasteiger charge is 2.24. The number of nitrogens with zero attached hydrogens (tertiary/aromatic N) is 2. The number of methoxy groups -OCH3 is 1. The molecule has 0 bridgehead atoms. The summed E-state index contributed by atoms with van der Waals surface area (Å²) in [6, 6.07) is 13.5. The molecular formula is C23H25ClN4O3. The van der Waals surface area contributed by atoms with Gasteiger partial charge in [0, 0.05) is 47.8 Å². The Morgan fingerprint density at radius 2 is 1.87 bits per heavy atom. The second-order valence-corrected chi connectivity index (χ2v) is 8.09. The van der Waals surface area contributed by atoms with Crippen LogP contribution in [0.1, 0.15) is 16.1 Å². The minimum Gasteiger partial charge on any atom is -0.464 e. The highest BCUT2D eigenvalue weighted by Crippen LogP contribution is 2.31. The number of hydrogen-bond acceptors (Lipinski definition) is 5. The normalized spacial score (nSPS) is 14.6. The molecule has 1 aliphatic heterocycles. The summed E-state index contributed by atoms with van der Waals surface area (Å²) in [6.45, 7) is 5.35. The summed E-state index contributed by atoms with van der Waals surface area (Å²) in [4.78, 5) is 32.5. The lowest BCUT2D eigenvalue weighted by molar-refractivity contribution is -0.117. The summed E-state index contributed by atoms with van der Waals surface area (Å²) in [7, 11) is 1.33. The standard InChI is InChI=1S/C23H25ClN4O3/c1-15-5-3-8-18-20(15)21(22(25-18)23(30)31-2)26-19(29)14-27-9-11-28(12-10-27)17-7-4-6-16(24)13-17/h3-8,13,25H,9-12,14H2,1-2H3,(H,26,29). The van der Waals surface area contributed by atoms with Crippen LogP contribution in [0, 0.1) is 6.92 Å². The molecular weight excluding hydrogens is 416 g/mol. The molecule has 0 saturated carbocycles. The lowest BCUT2D eigenvalue weighted by Crippen LogP contribution is -2.48. The molecule has 1 aromatic heterocycles. The quantitative estimate of drug-likeness (QED) is 0.592. The molecule has 31 heavy (non-hydrogen) atoms. The van der Waals surface area contributed by atoms with Crippen LogP contribution in [0.4, 0.5) is 11.4 Å². The number of fused-ring (bicyclic) bond motifs is 1. The molecule has 3 aromatic rings. The topological polar surface area (TPSA) is 77.7 Å². The first-order chi connectivity index (χ1) is 15.0. The lowest BCUT2D eigenvalue weighted by atomic mass is 10.1. The van der Waals surface area contributed by atoms with Gasteiger partial charge in [-0.05, 0) is 36.8 Å². The van der Waals surface area contributed by atoms with Crippen LogP contribution >= 0.6 is 11.6 Å². The van der Waals surface area contributed by atoms with Crippen molar-refractivity contribution in [3.8, 4) is 0 Å². The first-order valence-electron chi connectivity index (χ1n) is 10.2. The zero-order valence-corrected chi connectivity index (χ0v) is 18.3. The van der Waals surface area contributed by atoms with Crippen LogP contribution in [0.2, 0.25) is 5.02 Å². The fourth-order valence-electron chi connectivity index (χ4n) is 4.03. The van der Waals surface area contributed by atoms with Gasteiger partial charge in [-0.3, -0.25) is 9.69 Å². The molecule has 0 unspecified atom stereocenters. The number of aryl methyl sites for hydroxylation is 1. The van der Waals surface area contributed by atoms with Gasteiger partial charge in [-0.15, -0.1) is 0 Å². The lowest BCUT2D eigenvalue weighted by Gasteiger charge is -2.35. The summed E-state index contributed by atoms with van der Waals surface area (Å²) in [5.74, 6) is -0.674. The Kier molecular flexibility index (Phi) is 6.15. The number of esters is 1. The molecule has 0 atom stereocenters. The number of benzene rings is 2. The van der Waals surface area contributed by atoms with Crippen molar-refractivity contribution >= 4 is 45.8 Å². The zero-order chi connectivity index (χ0) is 22.0. The summed E-state index contributed by atoms with van der Waals surface area (Å²) < 4.78 is 4.89. The third-order valence-corrected chi connectivity index (χ3v) is 5.83. The number of piperazine rings is 1. The second kappa shape index (κ2) is 8.99. The first kappa shape index (κ1) is 21.2. The first-order valence-corrected chi connectivity index (χ1v) is 10.6. The number of ether oxygens (including phenoxy) is 1. The third-order valence-electron chi connectivity index (χ3n) is 5.60. The van der Waals surface area contributed by atoms with E-state index >= 15 is 0 Å². The maximum atomic E-state index is 12.8. The summed E-state index contributed by atoms with van der Waals surface area (Å²) in [6.07, 6.45) is 0. The number of halogens is 1. The van der Waals surface area contributed by atoms with E-state index in [-0.39, 0.29) is 18.1 Å². The number of anilines is 2. The Labute approximate surface area is 185 Å². The predicted octanol–water partition coefficient (Wildman–Crippen LogP) is 3.68. The highest BCUT2D eigenvalue weighted by atomic mass is 35.5. The SMILES string of the molecule is COC(=O)c1[nH]c2cccc(C)c2c1NC(=O)CN1CCN(c2cccc(Cl)c2)CC1. The van der Waals surface area contributed by atoms with E-state index in [0.29, 0.717) is 5.69 Å². The van der Waals surface area contributed by atoms with Gasteiger partial charge in [0.05, 0.1) is 19.3 Å². The van der Waals surface area contributed by atoms with Gasteiger partial charge in [-0.1, -0.05) is 29.8 Å². The molecule has 2 aromatic carbocycles. The van der Waals surface area contributed by atoms with E-state index in [4.69, 9.17) is 16.3 Å². The Morgan fingerprint density at radius 1 is 1.13 bits per heavy atom. The van der Waals surface area contributed by atoms with Crippen molar-refractivity contribution < 1.29 is 14.3 Å². The average Bonchev–Trinajstić information content (AvgIpc) is 3.13. The van der Waals surface area contributed by atoms with Crippen LogP contribution in [0.25, 0.3) is 10.9 Å². The van der Waals surface area contributed by atoms with E-state index < -0.39 is 5.97 Å².